The van der Waals surface area contributed by atoms with Gasteiger partial charge in [0.05, 0.1) is 26.1 Å². The van der Waals surface area contributed by atoms with Crippen molar-refractivity contribution in [3.05, 3.63) is 66.4 Å². The predicted molar refractivity (Wildman–Crippen MR) is 114 cm³/mol. The number of ether oxygens (including phenoxy) is 4. The summed E-state index contributed by atoms with van der Waals surface area (Å²) >= 11 is 0. The molecule has 2 aromatic carbocycles. The first-order valence-electron chi connectivity index (χ1n) is 9.38. The highest BCUT2D eigenvalue weighted by Crippen LogP contribution is 2.31. The van der Waals surface area contributed by atoms with Gasteiger partial charge in [-0.25, -0.2) is 4.98 Å². The minimum atomic E-state index is -0.689. The van der Waals surface area contributed by atoms with Gasteiger partial charge in [0.15, 0.2) is 17.6 Å². The zero-order valence-electron chi connectivity index (χ0n) is 17.3. The van der Waals surface area contributed by atoms with Gasteiger partial charge in [0.2, 0.25) is 5.88 Å². The molecule has 30 heavy (non-hydrogen) atoms. The van der Waals surface area contributed by atoms with Crippen molar-refractivity contribution in [1.29, 1.82) is 0 Å². The number of methoxy groups -OCH3 is 2. The number of hydrogen-bond donors (Lipinski definition) is 1. The van der Waals surface area contributed by atoms with Crippen molar-refractivity contribution in [1.82, 2.24) is 4.98 Å². The van der Waals surface area contributed by atoms with Crippen molar-refractivity contribution in [2.45, 2.75) is 20.0 Å². The van der Waals surface area contributed by atoms with Gasteiger partial charge in [0.25, 0.3) is 5.91 Å². The third-order valence-electron chi connectivity index (χ3n) is 4.28. The molecular weight excluding hydrogens is 384 g/mol. The van der Waals surface area contributed by atoms with Gasteiger partial charge in [-0.2, -0.15) is 0 Å². The summed E-state index contributed by atoms with van der Waals surface area (Å²) in [4.78, 5) is 16.6. The molecule has 0 radical (unpaired) electrons. The molecule has 0 fully saturated rings. The van der Waals surface area contributed by atoms with E-state index in [1.54, 1.807) is 57.5 Å². The highest BCUT2D eigenvalue weighted by atomic mass is 16.5. The number of hydrogen-bond acceptors (Lipinski definition) is 6. The van der Waals surface area contributed by atoms with E-state index in [9.17, 15) is 4.79 Å². The zero-order chi connectivity index (χ0) is 21.5. The summed E-state index contributed by atoms with van der Waals surface area (Å²) in [6.07, 6.45) is 0.833. The molecule has 1 aromatic heterocycles. The Labute approximate surface area is 175 Å². The second-order valence-electron chi connectivity index (χ2n) is 6.57. The van der Waals surface area contributed by atoms with Crippen LogP contribution in [0.25, 0.3) is 0 Å². The van der Waals surface area contributed by atoms with Gasteiger partial charge >= 0.3 is 0 Å². The van der Waals surface area contributed by atoms with Crippen molar-refractivity contribution in [3.63, 3.8) is 0 Å². The number of benzene rings is 2. The van der Waals surface area contributed by atoms with Crippen molar-refractivity contribution in [2.75, 3.05) is 19.5 Å². The molecule has 1 heterocycles. The third kappa shape index (κ3) is 5.41. The van der Waals surface area contributed by atoms with Crippen LogP contribution in [0.15, 0.2) is 60.8 Å². The van der Waals surface area contributed by atoms with Gasteiger partial charge in [-0.1, -0.05) is 6.07 Å². The monoisotopic (exact) mass is 408 g/mol. The van der Waals surface area contributed by atoms with E-state index in [1.165, 1.54) is 6.20 Å². The van der Waals surface area contributed by atoms with Gasteiger partial charge in [0, 0.05) is 6.07 Å². The molecular formula is C23H24N2O5. The first-order chi connectivity index (χ1) is 14.5. The average molecular weight is 408 g/mol. The van der Waals surface area contributed by atoms with Gasteiger partial charge in [-0.05, 0) is 61.9 Å². The predicted octanol–water partition coefficient (Wildman–Crippen LogP) is 4.61. The van der Waals surface area contributed by atoms with Crippen LogP contribution in [0.5, 0.6) is 28.9 Å². The van der Waals surface area contributed by atoms with Crippen LogP contribution in [0, 0.1) is 6.92 Å². The van der Waals surface area contributed by atoms with Crippen LogP contribution in [-0.2, 0) is 4.79 Å². The fourth-order valence-corrected chi connectivity index (χ4v) is 2.64. The molecule has 1 atom stereocenters. The van der Waals surface area contributed by atoms with Gasteiger partial charge in [-0.15, -0.1) is 0 Å². The summed E-state index contributed by atoms with van der Waals surface area (Å²) in [7, 11) is 3.18. The normalized spacial score (nSPS) is 11.3. The number of rotatable bonds is 8. The third-order valence-corrected chi connectivity index (χ3v) is 4.28. The van der Waals surface area contributed by atoms with Crippen molar-refractivity contribution < 1.29 is 23.7 Å². The van der Waals surface area contributed by atoms with Crippen molar-refractivity contribution in [2.24, 2.45) is 0 Å². The van der Waals surface area contributed by atoms with E-state index in [1.807, 2.05) is 25.1 Å². The molecule has 7 heteroatoms. The lowest BCUT2D eigenvalue weighted by molar-refractivity contribution is -0.122. The molecule has 1 amide bonds. The Morgan fingerprint density at radius 3 is 2.30 bits per heavy atom. The summed E-state index contributed by atoms with van der Waals surface area (Å²) in [6.45, 7) is 3.65. The quantitative estimate of drug-likeness (QED) is 0.587. The Morgan fingerprint density at radius 2 is 1.67 bits per heavy atom. The second-order valence-corrected chi connectivity index (χ2v) is 6.57. The molecule has 0 aliphatic heterocycles. The molecule has 156 valence electrons. The van der Waals surface area contributed by atoms with Crippen LogP contribution >= 0.6 is 0 Å². The molecule has 0 bridgehead atoms. The van der Waals surface area contributed by atoms with Crippen LogP contribution in [0.3, 0.4) is 0 Å². The van der Waals surface area contributed by atoms with E-state index in [-0.39, 0.29) is 5.91 Å². The smallest absolute Gasteiger partial charge is 0.265 e. The summed E-state index contributed by atoms with van der Waals surface area (Å²) < 4.78 is 21.9. The largest absolute Gasteiger partial charge is 0.497 e. The highest BCUT2D eigenvalue weighted by Gasteiger charge is 2.15. The number of aryl methyl sites for hydroxylation is 1. The summed E-state index contributed by atoms with van der Waals surface area (Å²) in [5.41, 5.74) is 1.60. The fraction of sp³-hybridized carbons (Fsp3) is 0.217. The molecule has 0 saturated heterocycles. The van der Waals surface area contributed by atoms with Crippen LogP contribution in [0.4, 0.5) is 5.69 Å². The Morgan fingerprint density at radius 1 is 0.933 bits per heavy atom. The molecule has 0 aliphatic carbocycles. The minimum absolute atomic E-state index is 0.290. The standard InChI is InChI=1S/C23H24N2O5/c1-15-5-11-20(21(13-15)28-4)30-22-12-6-17(14-24-22)25-23(26)16(2)29-19-9-7-18(27-3)8-10-19/h5-14,16H,1-4H3,(H,25,26). The number of carbonyl (C=O) groups is 1. The molecule has 3 aromatic rings. The lowest BCUT2D eigenvalue weighted by atomic mass is 10.2. The van der Waals surface area contributed by atoms with Crippen molar-refractivity contribution >= 4 is 11.6 Å². The fourth-order valence-electron chi connectivity index (χ4n) is 2.64. The van der Waals surface area contributed by atoms with E-state index < -0.39 is 6.10 Å². The van der Waals surface area contributed by atoms with Crippen LogP contribution in [0.1, 0.15) is 12.5 Å². The maximum Gasteiger partial charge on any atom is 0.265 e. The number of amides is 1. The minimum Gasteiger partial charge on any atom is -0.497 e. The second kappa shape index (κ2) is 9.65. The van der Waals surface area contributed by atoms with Gasteiger partial charge in [-0.3, -0.25) is 4.79 Å². The lowest BCUT2D eigenvalue weighted by Crippen LogP contribution is -2.30. The Hall–Kier alpha value is -3.74. The number of carbonyl (C=O) groups excluding carboxylic acids is 1. The van der Waals surface area contributed by atoms with E-state index >= 15 is 0 Å². The number of nitrogens with one attached hydrogen (secondary N) is 1. The van der Waals surface area contributed by atoms with E-state index in [4.69, 9.17) is 18.9 Å². The first kappa shape index (κ1) is 21.0. The molecule has 1 N–H and O–H groups in total. The summed E-state index contributed by atoms with van der Waals surface area (Å²) in [5, 5.41) is 2.77. The molecule has 1 unspecified atom stereocenters. The van der Waals surface area contributed by atoms with E-state index in [0.717, 1.165) is 11.3 Å². The maximum absolute atomic E-state index is 12.4. The van der Waals surface area contributed by atoms with Crippen LogP contribution in [-0.4, -0.2) is 31.2 Å². The molecule has 3 rings (SSSR count). The summed E-state index contributed by atoms with van der Waals surface area (Å²) in [5.74, 6) is 2.58. The Kier molecular flexibility index (Phi) is 6.75. The average Bonchev–Trinajstić information content (AvgIpc) is 2.76. The maximum atomic E-state index is 12.4. The summed E-state index contributed by atoms with van der Waals surface area (Å²) in [6, 6.07) is 16.0. The van der Waals surface area contributed by atoms with E-state index in [0.29, 0.717) is 28.8 Å². The molecule has 0 spiro atoms. The van der Waals surface area contributed by atoms with Gasteiger partial charge in [0.1, 0.15) is 11.5 Å². The van der Waals surface area contributed by atoms with Crippen LogP contribution in [0.2, 0.25) is 0 Å². The Balaban J connectivity index is 1.58. The number of anilines is 1. The SMILES string of the molecule is COc1ccc(OC(C)C(=O)Nc2ccc(Oc3ccc(C)cc3OC)nc2)cc1. The highest BCUT2D eigenvalue weighted by molar-refractivity contribution is 5.94. The first-order valence-corrected chi connectivity index (χ1v) is 9.38. The number of pyridine rings is 1. The molecule has 0 aliphatic rings. The molecule has 0 saturated carbocycles. The Bertz CT molecular complexity index is 987. The van der Waals surface area contributed by atoms with Crippen LogP contribution < -0.4 is 24.3 Å². The topological polar surface area (TPSA) is 78.9 Å². The zero-order valence-corrected chi connectivity index (χ0v) is 17.3. The number of aromatic nitrogens is 1. The molecule has 7 nitrogen and oxygen atoms in total. The lowest BCUT2D eigenvalue weighted by Gasteiger charge is -2.15. The van der Waals surface area contributed by atoms with E-state index in [2.05, 4.69) is 10.3 Å². The number of nitrogens with zero attached hydrogens (tertiary/aromatic N) is 1. The van der Waals surface area contributed by atoms with Crippen molar-refractivity contribution in [3.8, 4) is 28.9 Å². The van der Waals surface area contributed by atoms with Gasteiger partial charge < -0.3 is 24.3 Å².